The van der Waals surface area contributed by atoms with Crippen molar-refractivity contribution in [3.8, 4) is 5.69 Å². The number of hydrogen-bond donors (Lipinski definition) is 3. The van der Waals surface area contributed by atoms with Gasteiger partial charge in [-0.3, -0.25) is 14.8 Å². The minimum absolute atomic E-state index is 0.0859. The highest BCUT2D eigenvalue weighted by atomic mass is 32.2. The molecule has 0 radical (unpaired) electrons. The number of hydrogen-bond acceptors (Lipinski definition) is 6. The van der Waals surface area contributed by atoms with Gasteiger partial charge in [-0.15, -0.1) is 10.2 Å². The number of carbonyl (C=O) groups excluding carboxylic acids is 1. The van der Waals surface area contributed by atoms with Crippen molar-refractivity contribution in [1.82, 2.24) is 20.2 Å². The van der Waals surface area contributed by atoms with Gasteiger partial charge in [-0.1, -0.05) is 42.1 Å². The molecule has 3 aromatic rings. The maximum absolute atomic E-state index is 11.5. The van der Waals surface area contributed by atoms with E-state index in [1.807, 2.05) is 54.0 Å². The highest BCUT2D eigenvalue weighted by Gasteiger charge is 2.20. The van der Waals surface area contributed by atoms with Crippen LogP contribution in [0, 0.1) is 6.92 Å². The minimum Gasteiger partial charge on any atom is -0.375 e. The number of hydrazine groups is 1. The van der Waals surface area contributed by atoms with Crippen LogP contribution < -0.4 is 16.6 Å². The molecule has 0 bridgehead atoms. The van der Waals surface area contributed by atoms with Crippen LogP contribution in [0.5, 0.6) is 0 Å². The molecular weight excluding hydrogens is 360 g/mol. The highest BCUT2D eigenvalue weighted by molar-refractivity contribution is 7.99. The van der Waals surface area contributed by atoms with Crippen LogP contribution in [0.15, 0.2) is 59.8 Å². The highest BCUT2D eigenvalue weighted by Crippen LogP contribution is 2.27. The molecule has 0 saturated carbocycles. The SMILES string of the molecule is Cc1cccc(N[C@H](C)c2nnc(SCC(=O)NN)n2-c2ccccc2)c1. The number of aryl methyl sites for hydroxylation is 1. The van der Waals surface area contributed by atoms with Gasteiger partial charge >= 0.3 is 0 Å². The number of amides is 1. The maximum atomic E-state index is 11.5. The van der Waals surface area contributed by atoms with Gasteiger partial charge in [-0.25, -0.2) is 5.84 Å². The van der Waals surface area contributed by atoms with Crippen LogP contribution in [-0.4, -0.2) is 26.4 Å². The van der Waals surface area contributed by atoms with E-state index in [0.717, 1.165) is 17.2 Å². The van der Waals surface area contributed by atoms with Gasteiger partial charge in [0.1, 0.15) is 0 Å². The van der Waals surface area contributed by atoms with Crippen molar-refractivity contribution < 1.29 is 4.79 Å². The number of nitrogens with zero attached hydrogens (tertiary/aromatic N) is 3. The van der Waals surface area contributed by atoms with Crippen molar-refractivity contribution in [2.45, 2.75) is 25.0 Å². The predicted octanol–water partition coefficient (Wildman–Crippen LogP) is 2.83. The lowest BCUT2D eigenvalue weighted by Crippen LogP contribution is -2.31. The van der Waals surface area contributed by atoms with Gasteiger partial charge in [0.05, 0.1) is 11.8 Å². The Morgan fingerprint density at radius 1 is 1.19 bits per heavy atom. The largest absolute Gasteiger partial charge is 0.375 e. The molecule has 1 amide bonds. The van der Waals surface area contributed by atoms with Crippen LogP contribution in [0.2, 0.25) is 0 Å². The van der Waals surface area contributed by atoms with Crippen molar-refractivity contribution in [3.05, 3.63) is 66.0 Å². The lowest BCUT2D eigenvalue weighted by molar-refractivity contribution is -0.118. The quantitative estimate of drug-likeness (QED) is 0.252. The third-order valence-electron chi connectivity index (χ3n) is 3.95. The summed E-state index contributed by atoms with van der Waals surface area (Å²) in [7, 11) is 0. The molecule has 0 spiro atoms. The number of benzene rings is 2. The van der Waals surface area contributed by atoms with Crippen LogP contribution >= 0.6 is 11.8 Å². The van der Waals surface area contributed by atoms with E-state index in [4.69, 9.17) is 5.84 Å². The number of thioether (sulfide) groups is 1. The summed E-state index contributed by atoms with van der Waals surface area (Å²) in [5.74, 6) is 5.83. The van der Waals surface area contributed by atoms with Gasteiger partial charge in [-0.05, 0) is 43.7 Å². The van der Waals surface area contributed by atoms with E-state index in [0.29, 0.717) is 5.16 Å². The fraction of sp³-hybridized carbons (Fsp3) is 0.211. The molecule has 0 aliphatic carbocycles. The molecule has 0 unspecified atom stereocenters. The third kappa shape index (κ3) is 4.66. The Bertz CT molecular complexity index is 912. The summed E-state index contributed by atoms with van der Waals surface area (Å²) in [6.07, 6.45) is 0. The van der Waals surface area contributed by atoms with Crippen LogP contribution in [0.3, 0.4) is 0 Å². The normalized spacial score (nSPS) is 11.8. The molecule has 0 aliphatic heterocycles. The molecule has 0 aliphatic rings. The molecule has 140 valence electrons. The van der Waals surface area contributed by atoms with Crippen molar-refractivity contribution >= 4 is 23.4 Å². The topological polar surface area (TPSA) is 97.9 Å². The van der Waals surface area contributed by atoms with Gasteiger partial charge in [-0.2, -0.15) is 0 Å². The summed E-state index contributed by atoms with van der Waals surface area (Å²) < 4.78 is 1.96. The maximum Gasteiger partial charge on any atom is 0.244 e. The molecule has 8 heteroatoms. The van der Waals surface area contributed by atoms with Crippen molar-refractivity contribution in [2.24, 2.45) is 5.84 Å². The van der Waals surface area contributed by atoms with Gasteiger partial charge in [0.15, 0.2) is 11.0 Å². The predicted molar refractivity (Wildman–Crippen MR) is 108 cm³/mol. The van der Waals surface area contributed by atoms with E-state index < -0.39 is 0 Å². The Hall–Kier alpha value is -2.84. The number of anilines is 1. The number of nitrogens with one attached hydrogen (secondary N) is 2. The Balaban J connectivity index is 1.92. The smallest absolute Gasteiger partial charge is 0.244 e. The molecular formula is C19H22N6OS. The second-order valence-electron chi connectivity index (χ2n) is 6.10. The zero-order chi connectivity index (χ0) is 19.2. The average Bonchev–Trinajstić information content (AvgIpc) is 3.11. The van der Waals surface area contributed by atoms with E-state index in [1.54, 1.807) is 0 Å². The summed E-state index contributed by atoms with van der Waals surface area (Å²) in [6.45, 7) is 4.09. The molecule has 0 fully saturated rings. The number of rotatable bonds is 7. The zero-order valence-corrected chi connectivity index (χ0v) is 16.0. The first-order valence-electron chi connectivity index (χ1n) is 8.54. The summed E-state index contributed by atoms with van der Waals surface area (Å²) in [5, 5.41) is 12.8. The van der Waals surface area contributed by atoms with E-state index in [2.05, 4.69) is 40.0 Å². The third-order valence-corrected chi connectivity index (χ3v) is 4.88. The molecule has 1 atom stereocenters. The Kier molecular flexibility index (Phi) is 6.10. The van der Waals surface area contributed by atoms with E-state index in [9.17, 15) is 4.79 Å². The number of para-hydroxylation sites is 1. The second kappa shape index (κ2) is 8.70. The van der Waals surface area contributed by atoms with Crippen LogP contribution in [0.25, 0.3) is 5.69 Å². The molecule has 0 saturated heterocycles. The van der Waals surface area contributed by atoms with Crippen molar-refractivity contribution in [1.29, 1.82) is 0 Å². The standard InChI is InChI=1S/C19H22N6OS/c1-13-7-6-8-15(11-13)21-14(2)18-23-24-19(27-12-17(26)22-20)25(18)16-9-4-3-5-10-16/h3-11,14,21H,12,20H2,1-2H3,(H,22,26)/t14-/m1/s1. The minimum atomic E-state index is -0.268. The number of nitrogens with two attached hydrogens (primary N) is 1. The summed E-state index contributed by atoms with van der Waals surface area (Å²) in [6, 6.07) is 17.9. The lowest BCUT2D eigenvalue weighted by atomic mass is 10.2. The van der Waals surface area contributed by atoms with Gasteiger partial charge in [0.25, 0.3) is 0 Å². The fourth-order valence-corrected chi connectivity index (χ4v) is 3.47. The molecule has 1 aromatic heterocycles. The van der Waals surface area contributed by atoms with Crippen LogP contribution in [0.1, 0.15) is 24.4 Å². The van der Waals surface area contributed by atoms with E-state index in [1.165, 1.54) is 17.3 Å². The first kappa shape index (κ1) is 18.9. The molecule has 27 heavy (non-hydrogen) atoms. The molecule has 1 heterocycles. The Labute approximate surface area is 162 Å². The molecule has 4 N–H and O–H groups in total. The first-order valence-corrected chi connectivity index (χ1v) is 9.53. The van der Waals surface area contributed by atoms with E-state index >= 15 is 0 Å². The molecule has 2 aromatic carbocycles. The summed E-state index contributed by atoms with van der Waals surface area (Å²) >= 11 is 1.29. The monoisotopic (exact) mass is 382 g/mol. The van der Waals surface area contributed by atoms with Gasteiger partial charge in [0.2, 0.25) is 5.91 Å². The Morgan fingerprint density at radius 2 is 1.96 bits per heavy atom. The molecule has 7 nitrogen and oxygen atoms in total. The first-order chi connectivity index (χ1) is 13.1. The Morgan fingerprint density at radius 3 is 2.67 bits per heavy atom. The van der Waals surface area contributed by atoms with Gasteiger partial charge in [0, 0.05) is 11.4 Å². The van der Waals surface area contributed by atoms with Crippen LogP contribution in [0.4, 0.5) is 5.69 Å². The summed E-state index contributed by atoms with van der Waals surface area (Å²) in [5.41, 5.74) is 5.27. The van der Waals surface area contributed by atoms with Gasteiger partial charge < -0.3 is 5.32 Å². The molecule has 3 rings (SSSR count). The van der Waals surface area contributed by atoms with Crippen molar-refractivity contribution in [3.63, 3.8) is 0 Å². The number of aromatic nitrogens is 3. The van der Waals surface area contributed by atoms with Crippen LogP contribution in [-0.2, 0) is 4.79 Å². The van der Waals surface area contributed by atoms with Crippen molar-refractivity contribution in [2.75, 3.05) is 11.1 Å². The summed E-state index contributed by atoms with van der Waals surface area (Å²) in [4.78, 5) is 11.5. The zero-order valence-electron chi connectivity index (χ0n) is 15.2. The second-order valence-corrected chi connectivity index (χ2v) is 7.05. The average molecular weight is 382 g/mol. The fourth-order valence-electron chi connectivity index (χ4n) is 2.70. The lowest BCUT2D eigenvalue weighted by Gasteiger charge is -2.17. The number of carbonyl (C=O) groups is 1. The van der Waals surface area contributed by atoms with E-state index in [-0.39, 0.29) is 17.7 Å².